The number of ketones is 1. The molecule has 0 aliphatic heterocycles. The van der Waals surface area contributed by atoms with E-state index in [4.69, 9.17) is 11.0 Å². The molecule has 0 radical (unpaired) electrons. The number of Topliss-reactive ketones (excluding diaryl/α,β-unsaturated/α-hetero) is 1. The summed E-state index contributed by atoms with van der Waals surface area (Å²) in [5.41, 5.74) is 9.29. The van der Waals surface area contributed by atoms with Crippen molar-refractivity contribution in [3.63, 3.8) is 0 Å². The normalized spacial score (nSPS) is 11.1. The highest BCUT2D eigenvalue weighted by Gasteiger charge is 2.27. The Bertz CT molecular complexity index is 1070. The molecule has 8 heteroatoms. The van der Waals surface area contributed by atoms with Crippen molar-refractivity contribution in [1.29, 1.82) is 0 Å². The van der Waals surface area contributed by atoms with Gasteiger partial charge in [-0.1, -0.05) is 29.8 Å². The smallest absolute Gasteiger partial charge is 0.289 e. The molecule has 8 nitrogen and oxygen atoms in total. The van der Waals surface area contributed by atoms with Gasteiger partial charge in [0.1, 0.15) is 11.5 Å². The third-order valence-electron chi connectivity index (χ3n) is 4.65. The highest BCUT2D eigenvalue weighted by Crippen LogP contribution is 2.29. The van der Waals surface area contributed by atoms with Gasteiger partial charge in [0.05, 0.1) is 23.3 Å². The van der Waals surface area contributed by atoms with Crippen LogP contribution in [0.4, 0.5) is 0 Å². The molecule has 3 N–H and O–H groups in total. The second-order valence-electron chi connectivity index (χ2n) is 6.73. The molecule has 0 saturated heterocycles. The lowest BCUT2D eigenvalue weighted by molar-refractivity contribution is -0.241. The largest absolute Gasteiger partial charge is 0.363 e. The van der Waals surface area contributed by atoms with E-state index in [2.05, 4.69) is 20.9 Å². The van der Waals surface area contributed by atoms with Crippen LogP contribution < -0.4 is 5.73 Å². The molecular weight excluding hydrogens is 360 g/mol. The van der Waals surface area contributed by atoms with Crippen molar-refractivity contribution in [2.45, 2.75) is 33.7 Å². The van der Waals surface area contributed by atoms with Crippen molar-refractivity contribution in [3.8, 4) is 0 Å². The van der Waals surface area contributed by atoms with E-state index in [-0.39, 0.29) is 18.6 Å². The third kappa shape index (κ3) is 3.64. The Morgan fingerprint density at radius 2 is 1.96 bits per heavy atom. The van der Waals surface area contributed by atoms with Gasteiger partial charge in [0.2, 0.25) is 0 Å². The van der Waals surface area contributed by atoms with E-state index in [0.717, 1.165) is 11.1 Å². The van der Waals surface area contributed by atoms with E-state index in [0.29, 0.717) is 34.8 Å². The monoisotopic (exact) mass is 382 g/mol. The zero-order valence-electron chi connectivity index (χ0n) is 16.0. The van der Waals surface area contributed by atoms with Gasteiger partial charge in [-0.3, -0.25) is 14.8 Å². The molecule has 0 bridgehead atoms. The lowest BCUT2D eigenvalue weighted by Crippen LogP contribution is -2.24. The second kappa shape index (κ2) is 7.87. The first kappa shape index (κ1) is 19.7. The Kier molecular flexibility index (Phi) is 5.53. The zero-order chi connectivity index (χ0) is 20.4. The second-order valence-corrected chi connectivity index (χ2v) is 6.73. The maximum atomic E-state index is 12.6. The summed E-state index contributed by atoms with van der Waals surface area (Å²) in [5.74, 6) is -1.31. The van der Waals surface area contributed by atoms with Gasteiger partial charge in [0, 0.05) is 18.7 Å². The van der Waals surface area contributed by atoms with Gasteiger partial charge in [-0.25, -0.2) is 14.9 Å². The molecule has 28 heavy (non-hydrogen) atoms. The first-order chi connectivity index (χ1) is 13.3. The maximum Gasteiger partial charge on any atom is 0.289 e. The number of carbonyl (C=O) groups excluding carboxylic acids is 2. The molecule has 2 heterocycles. The number of hydrogen-bond donors (Lipinski definition) is 2. The van der Waals surface area contributed by atoms with Crippen LogP contribution in [0.2, 0.25) is 0 Å². The average Bonchev–Trinajstić information content (AvgIpc) is 2.91. The molecule has 0 saturated carbocycles. The number of carbonyl (C=O) groups is 2. The predicted molar refractivity (Wildman–Crippen MR) is 103 cm³/mol. The van der Waals surface area contributed by atoms with Crippen LogP contribution in [0.3, 0.4) is 0 Å². The van der Waals surface area contributed by atoms with E-state index >= 15 is 0 Å². The number of primary amides is 1. The molecule has 146 valence electrons. The Balaban J connectivity index is 2.28. The Labute approximate surface area is 161 Å². The fourth-order valence-corrected chi connectivity index (χ4v) is 3.45. The molecule has 0 aliphatic carbocycles. The van der Waals surface area contributed by atoms with Crippen LogP contribution in [-0.4, -0.2) is 38.1 Å². The van der Waals surface area contributed by atoms with Crippen molar-refractivity contribution in [1.82, 2.24) is 14.5 Å². The number of hydrogen-bond acceptors (Lipinski definition) is 6. The van der Waals surface area contributed by atoms with Crippen LogP contribution in [0.25, 0.3) is 11.0 Å². The summed E-state index contributed by atoms with van der Waals surface area (Å²) in [4.78, 5) is 37.4. The van der Waals surface area contributed by atoms with Gasteiger partial charge in [-0.2, -0.15) is 0 Å². The van der Waals surface area contributed by atoms with Crippen LogP contribution in [0.15, 0.2) is 24.3 Å². The minimum atomic E-state index is -1.04. The quantitative estimate of drug-likeness (QED) is 0.279. The minimum Gasteiger partial charge on any atom is -0.363 e. The Morgan fingerprint density at radius 3 is 2.61 bits per heavy atom. The molecule has 0 unspecified atom stereocenters. The lowest BCUT2D eigenvalue weighted by atomic mass is 10.0. The first-order valence-corrected chi connectivity index (χ1v) is 8.85. The topological polar surface area (TPSA) is 120 Å². The van der Waals surface area contributed by atoms with Crippen molar-refractivity contribution in [3.05, 3.63) is 58.2 Å². The van der Waals surface area contributed by atoms with E-state index in [9.17, 15) is 9.59 Å². The maximum absolute atomic E-state index is 12.6. The molecule has 1 amide bonds. The molecular formula is C20H22N4O4. The number of nitrogens with two attached hydrogens (primary N) is 1. The van der Waals surface area contributed by atoms with Crippen LogP contribution in [0, 0.1) is 20.8 Å². The van der Waals surface area contributed by atoms with Crippen molar-refractivity contribution >= 4 is 22.7 Å². The molecule has 0 fully saturated rings. The lowest BCUT2D eigenvalue weighted by Gasteiger charge is -2.09. The van der Waals surface area contributed by atoms with E-state index in [1.807, 2.05) is 29.7 Å². The molecule has 2 aromatic heterocycles. The van der Waals surface area contributed by atoms with Crippen LogP contribution in [0.1, 0.15) is 38.7 Å². The first-order valence-electron chi connectivity index (χ1n) is 8.85. The van der Waals surface area contributed by atoms with Gasteiger partial charge < -0.3 is 10.3 Å². The average molecular weight is 382 g/mol. The number of fused-ring (bicyclic) bond motifs is 1. The Morgan fingerprint density at radius 1 is 1.21 bits per heavy atom. The summed E-state index contributed by atoms with van der Waals surface area (Å²) >= 11 is 0. The van der Waals surface area contributed by atoms with Gasteiger partial charge >= 0.3 is 0 Å². The van der Waals surface area contributed by atoms with Gasteiger partial charge in [-0.05, 0) is 26.3 Å². The number of amides is 1. The minimum absolute atomic E-state index is 0.00212. The number of benzene rings is 1. The summed E-state index contributed by atoms with van der Waals surface area (Å²) < 4.78 is 1.89. The SMILES string of the molecule is Cc1cccc(Cn2c(C)c(C(=O)C(N)=O)c3c(CCOO)nc(C)nc32)c1. The number of rotatable bonds is 7. The zero-order valence-corrected chi connectivity index (χ0v) is 16.0. The van der Waals surface area contributed by atoms with E-state index in [1.165, 1.54) is 0 Å². The molecule has 0 aliphatic rings. The summed E-state index contributed by atoms with van der Waals surface area (Å²) in [6, 6.07) is 8.01. The number of aromatic nitrogens is 3. The van der Waals surface area contributed by atoms with Crippen LogP contribution in [0.5, 0.6) is 0 Å². The standard InChI is InChI=1S/C20H22N4O4/c1-11-5-4-6-14(9-11)10-24-12(2)16(18(25)19(21)26)17-15(7-8-28-27)22-13(3)23-20(17)24/h4-6,9,27H,7-8,10H2,1-3H3,(H2,21,26). The van der Waals surface area contributed by atoms with Gasteiger partial charge in [0.15, 0.2) is 0 Å². The molecule has 1 aromatic carbocycles. The predicted octanol–water partition coefficient (Wildman–Crippen LogP) is 2.10. The third-order valence-corrected chi connectivity index (χ3v) is 4.65. The summed E-state index contributed by atoms with van der Waals surface area (Å²) in [6.45, 7) is 5.98. The number of nitrogens with zero attached hydrogens (tertiary/aromatic N) is 3. The molecule has 0 spiro atoms. The van der Waals surface area contributed by atoms with Crippen LogP contribution in [-0.2, 0) is 22.6 Å². The fourth-order valence-electron chi connectivity index (χ4n) is 3.45. The Hall–Kier alpha value is -3.10. The summed E-state index contributed by atoms with van der Waals surface area (Å²) in [5, 5.41) is 9.20. The van der Waals surface area contributed by atoms with Gasteiger partial charge in [-0.15, -0.1) is 0 Å². The summed E-state index contributed by atoms with van der Waals surface area (Å²) in [6.07, 6.45) is 0.253. The molecule has 3 rings (SSSR count). The highest BCUT2D eigenvalue weighted by atomic mass is 17.1. The van der Waals surface area contributed by atoms with E-state index < -0.39 is 11.7 Å². The van der Waals surface area contributed by atoms with Gasteiger partial charge in [0.25, 0.3) is 11.7 Å². The van der Waals surface area contributed by atoms with E-state index in [1.54, 1.807) is 13.8 Å². The molecule has 0 atom stereocenters. The van der Waals surface area contributed by atoms with Crippen LogP contribution >= 0.6 is 0 Å². The fraction of sp³-hybridized carbons (Fsp3) is 0.300. The highest BCUT2D eigenvalue weighted by molar-refractivity contribution is 6.45. The number of aryl methyl sites for hydroxylation is 2. The van der Waals surface area contributed by atoms with Crippen molar-refractivity contribution in [2.75, 3.05) is 6.61 Å². The van der Waals surface area contributed by atoms with Crippen molar-refractivity contribution < 1.29 is 19.7 Å². The summed E-state index contributed by atoms with van der Waals surface area (Å²) in [7, 11) is 0. The van der Waals surface area contributed by atoms with Crippen molar-refractivity contribution in [2.24, 2.45) is 5.73 Å². The molecule has 3 aromatic rings.